The van der Waals surface area contributed by atoms with E-state index >= 15 is 0 Å². The van der Waals surface area contributed by atoms with Crippen LogP contribution >= 0.6 is 0 Å². The summed E-state index contributed by atoms with van der Waals surface area (Å²) >= 11 is 0. The highest BCUT2D eigenvalue weighted by atomic mass is 19.3. The number of halogens is 3. The second kappa shape index (κ2) is 6.03. The molecule has 1 aromatic rings. The largest absolute Gasteiger partial charge is 0.485 e. The summed E-state index contributed by atoms with van der Waals surface area (Å²) in [5.74, 6) is 3.87. The Morgan fingerprint density at radius 3 is 2.75 bits per heavy atom. The van der Waals surface area contributed by atoms with Gasteiger partial charge >= 0.3 is 0 Å². The summed E-state index contributed by atoms with van der Waals surface area (Å²) in [5.41, 5.74) is 0.389. The predicted molar refractivity (Wildman–Crippen MR) is 51.9 cm³/mol. The lowest BCUT2D eigenvalue weighted by atomic mass is 10.2. The fourth-order valence-electron chi connectivity index (χ4n) is 0.986. The quantitative estimate of drug-likeness (QED) is 0.802. The molecule has 0 radical (unpaired) electrons. The van der Waals surface area contributed by atoms with Crippen LogP contribution in [0.1, 0.15) is 5.56 Å². The molecule has 0 heterocycles. The van der Waals surface area contributed by atoms with Gasteiger partial charge in [-0.1, -0.05) is 11.8 Å². The Morgan fingerprint density at radius 2 is 2.12 bits per heavy atom. The molecule has 0 atom stereocenters. The number of ether oxygens (including phenoxy) is 1. The number of hydrogen-bond donors (Lipinski definition) is 1. The molecule has 0 bridgehead atoms. The summed E-state index contributed by atoms with van der Waals surface area (Å²) < 4.78 is 41.3. The third-order valence-electron chi connectivity index (χ3n) is 1.61. The molecule has 0 unspecified atom stereocenters. The lowest BCUT2D eigenvalue weighted by molar-refractivity contribution is 0.0799. The first kappa shape index (κ1) is 12.4. The molecule has 0 aromatic heterocycles. The molecule has 5 heteroatoms. The van der Waals surface area contributed by atoms with Gasteiger partial charge in [-0.25, -0.2) is 13.2 Å². The third kappa shape index (κ3) is 3.83. The van der Waals surface area contributed by atoms with Crippen LogP contribution in [-0.4, -0.2) is 24.7 Å². The average Bonchev–Trinajstić information content (AvgIpc) is 2.26. The first-order valence-electron chi connectivity index (χ1n) is 4.43. The summed E-state index contributed by atoms with van der Waals surface area (Å²) in [7, 11) is 0. The second-order valence-electron chi connectivity index (χ2n) is 2.81. The van der Waals surface area contributed by atoms with Crippen molar-refractivity contribution in [2.24, 2.45) is 0 Å². The van der Waals surface area contributed by atoms with Gasteiger partial charge in [0.2, 0.25) is 0 Å². The van der Waals surface area contributed by atoms with E-state index < -0.39 is 18.8 Å². The number of hydrogen-bond acceptors (Lipinski definition) is 2. The Hall–Kier alpha value is -1.67. The van der Waals surface area contributed by atoms with Gasteiger partial charge in [0, 0.05) is 5.56 Å². The minimum absolute atomic E-state index is 0.273. The molecule has 0 aliphatic carbocycles. The molecule has 0 saturated heterocycles. The SMILES string of the molecule is OCC#Cc1ccc(F)c(OCC(F)F)c1. The van der Waals surface area contributed by atoms with Gasteiger partial charge in [-0.05, 0) is 18.2 Å². The van der Waals surface area contributed by atoms with E-state index in [2.05, 4.69) is 16.6 Å². The highest BCUT2D eigenvalue weighted by molar-refractivity contribution is 5.40. The van der Waals surface area contributed by atoms with Crippen molar-refractivity contribution < 1.29 is 23.0 Å². The lowest BCUT2D eigenvalue weighted by Crippen LogP contribution is -2.08. The number of aliphatic hydroxyl groups excluding tert-OH is 1. The summed E-state index contributed by atoms with van der Waals surface area (Å²) in [4.78, 5) is 0. The highest BCUT2D eigenvalue weighted by Gasteiger charge is 2.08. The van der Waals surface area contributed by atoms with Crippen molar-refractivity contribution in [3.05, 3.63) is 29.6 Å². The Morgan fingerprint density at radius 1 is 1.38 bits per heavy atom. The number of rotatable bonds is 3. The Balaban J connectivity index is 2.82. The van der Waals surface area contributed by atoms with E-state index in [-0.39, 0.29) is 12.4 Å². The molecule has 0 spiro atoms. The van der Waals surface area contributed by atoms with Crippen LogP contribution in [0.4, 0.5) is 13.2 Å². The summed E-state index contributed by atoms with van der Waals surface area (Å²) in [6.07, 6.45) is -2.66. The maximum atomic E-state index is 13.1. The zero-order valence-electron chi connectivity index (χ0n) is 8.21. The van der Waals surface area contributed by atoms with Crippen molar-refractivity contribution in [1.82, 2.24) is 0 Å². The monoisotopic (exact) mass is 230 g/mol. The molecule has 86 valence electrons. The first-order valence-corrected chi connectivity index (χ1v) is 4.43. The van der Waals surface area contributed by atoms with Crippen LogP contribution in [-0.2, 0) is 0 Å². The molecule has 1 rings (SSSR count). The van der Waals surface area contributed by atoms with Crippen molar-refractivity contribution >= 4 is 0 Å². The number of benzene rings is 1. The predicted octanol–water partition coefficient (Wildman–Crippen LogP) is 1.81. The van der Waals surface area contributed by atoms with Gasteiger partial charge in [0.25, 0.3) is 6.43 Å². The Bertz CT molecular complexity index is 407. The van der Waals surface area contributed by atoms with Crippen molar-refractivity contribution in [1.29, 1.82) is 0 Å². The van der Waals surface area contributed by atoms with Crippen LogP contribution < -0.4 is 4.74 Å². The number of alkyl halides is 2. The minimum Gasteiger partial charge on any atom is -0.485 e. The van der Waals surface area contributed by atoms with Crippen molar-refractivity contribution in [3.8, 4) is 17.6 Å². The van der Waals surface area contributed by atoms with Crippen LogP contribution in [0, 0.1) is 17.7 Å². The van der Waals surface area contributed by atoms with Gasteiger partial charge in [-0.15, -0.1) is 0 Å². The van der Waals surface area contributed by atoms with E-state index in [0.717, 1.165) is 6.07 Å². The molecule has 1 aromatic carbocycles. The second-order valence-corrected chi connectivity index (χ2v) is 2.81. The van der Waals surface area contributed by atoms with Crippen LogP contribution in [0.3, 0.4) is 0 Å². The van der Waals surface area contributed by atoms with Gasteiger partial charge in [0.1, 0.15) is 13.2 Å². The van der Waals surface area contributed by atoms with Crippen LogP contribution in [0.15, 0.2) is 18.2 Å². The van der Waals surface area contributed by atoms with E-state index in [4.69, 9.17) is 5.11 Å². The summed E-state index contributed by atoms with van der Waals surface area (Å²) in [6.45, 7) is -1.20. The van der Waals surface area contributed by atoms with Crippen molar-refractivity contribution in [2.45, 2.75) is 6.43 Å². The molecule has 0 aliphatic heterocycles. The van der Waals surface area contributed by atoms with E-state index in [0.29, 0.717) is 5.56 Å². The Kier molecular flexibility index (Phi) is 4.67. The minimum atomic E-state index is -2.66. The van der Waals surface area contributed by atoms with Gasteiger partial charge in [0.15, 0.2) is 11.6 Å². The molecule has 16 heavy (non-hydrogen) atoms. The first-order chi connectivity index (χ1) is 7.63. The highest BCUT2D eigenvalue weighted by Crippen LogP contribution is 2.18. The normalized spacial score (nSPS) is 9.81. The van der Waals surface area contributed by atoms with Gasteiger partial charge < -0.3 is 9.84 Å². The molecule has 0 fully saturated rings. The molecule has 2 nitrogen and oxygen atoms in total. The lowest BCUT2D eigenvalue weighted by Gasteiger charge is -2.06. The average molecular weight is 230 g/mol. The maximum absolute atomic E-state index is 13.1. The molecule has 0 saturated carbocycles. The van der Waals surface area contributed by atoms with E-state index in [1.54, 1.807) is 0 Å². The van der Waals surface area contributed by atoms with E-state index in [1.165, 1.54) is 12.1 Å². The standard InChI is InChI=1S/C11H9F3O2/c12-9-4-3-8(2-1-5-15)6-10(9)16-7-11(13)14/h3-4,6,11,15H,5,7H2. The van der Waals surface area contributed by atoms with Gasteiger partial charge in [-0.2, -0.15) is 0 Å². The third-order valence-corrected chi connectivity index (χ3v) is 1.61. The number of aliphatic hydroxyl groups is 1. The molecule has 0 aliphatic rings. The fraction of sp³-hybridized carbons (Fsp3) is 0.273. The summed E-state index contributed by atoms with van der Waals surface area (Å²) in [6, 6.07) is 3.65. The van der Waals surface area contributed by atoms with E-state index in [1.807, 2.05) is 0 Å². The summed E-state index contributed by atoms with van der Waals surface area (Å²) in [5, 5.41) is 8.45. The topological polar surface area (TPSA) is 29.5 Å². The Labute approximate surface area is 90.7 Å². The van der Waals surface area contributed by atoms with Crippen LogP contribution in [0.2, 0.25) is 0 Å². The maximum Gasteiger partial charge on any atom is 0.272 e. The fourth-order valence-corrected chi connectivity index (χ4v) is 0.986. The molecular formula is C11H9F3O2. The van der Waals surface area contributed by atoms with Gasteiger partial charge in [-0.3, -0.25) is 0 Å². The van der Waals surface area contributed by atoms with Gasteiger partial charge in [0.05, 0.1) is 0 Å². The zero-order chi connectivity index (χ0) is 12.0. The molecular weight excluding hydrogens is 221 g/mol. The van der Waals surface area contributed by atoms with Crippen LogP contribution in [0.25, 0.3) is 0 Å². The van der Waals surface area contributed by atoms with Crippen molar-refractivity contribution in [2.75, 3.05) is 13.2 Å². The van der Waals surface area contributed by atoms with Crippen LogP contribution in [0.5, 0.6) is 5.75 Å². The molecule has 0 amide bonds. The van der Waals surface area contributed by atoms with Crippen molar-refractivity contribution in [3.63, 3.8) is 0 Å². The zero-order valence-corrected chi connectivity index (χ0v) is 8.21. The van der Waals surface area contributed by atoms with E-state index in [9.17, 15) is 13.2 Å². The smallest absolute Gasteiger partial charge is 0.272 e. The molecule has 1 N–H and O–H groups in total.